The summed E-state index contributed by atoms with van der Waals surface area (Å²) in [6.07, 6.45) is 0. The Kier molecular flexibility index (Phi) is 2.21. The number of halogens is 1. The molecule has 0 fully saturated rings. The van der Waals surface area contributed by atoms with E-state index in [9.17, 15) is 0 Å². The van der Waals surface area contributed by atoms with Gasteiger partial charge in [0.1, 0.15) is 0 Å². The third-order valence-corrected chi connectivity index (χ3v) is 2.56. The van der Waals surface area contributed by atoms with Crippen LogP contribution < -0.4 is 5.32 Å². The average molecular weight is 273 g/mol. The van der Waals surface area contributed by atoms with Crippen molar-refractivity contribution in [1.82, 2.24) is 5.32 Å². The second-order valence-electron chi connectivity index (χ2n) is 2.48. The highest BCUT2D eigenvalue weighted by Gasteiger charge is 2.13. The van der Waals surface area contributed by atoms with Crippen molar-refractivity contribution in [3.8, 4) is 0 Å². The number of ether oxygens (including phenoxy) is 1. The number of nitrogens with one attached hydrogen (secondary N) is 1. The van der Waals surface area contributed by atoms with Gasteiger partial charge in [0.15, 0.2) is 10.5 Å². The third-order valence-electron chi connectivity index (χ3n) is 1.71. The van der Waals surface area contributed by atoms with Crippen molar-refractivity contribution in [3.05, 3.63) is 39.7 Å². The van der Waals surface area contributed by atoms with E-state index in [0.29, 0.717) is 6.73 Å². The molecule has 1 aliphatic rings. The summed E-state index contributed by atoms with van der Waals surface area (Å²) in [6.45, 7) is 0.586. The lowest BCUT2D eigenvalue weighted by Gasteiger charge is -2.00. The van der Waals surface area contributed by atoms with Crippen molar-refractivity contribution in [1.29, 1.82) is 0 Å². The SMILES string of the molecule is IC1=C(c2ccccc2)NCO1. The predicted molar refractivity (Wildman–Crippen MR) is 56.5 cm³/mol. The van der Waals surface area contributed by atoms with Gasteiger partial charge in [-0.05, 0) is 0 Å². The van der Waals surface area contributed by atoms with Crippen LogP contribution in [0.1, 0.15) is 5.56 Å². The van der Waals surface area contributed by atoms with Crippen LogP contribution in [0.5, 0.6) is 0 Å². The molecular weight excluding hydrogens is 265 g/mol. The summed E-state index contributed by atoms with van der Waals surface area (Å²) in [5.41, 5.74) is 2.27. The Morgan fingerprint density at radius 2 is 2.00 bits per heavy atom. The Hall–Kier alpha value is -0.710. The molecule has 0 radical (unpaired) electrons. The van der Waals surface area contributed by atoms with Gasteiger partial charge in [-0.15, -0.1) is 0 Å². The summed E-state index contributed by atoms with van der Waals surface area (Å²) in [6, 6.07) is 10.2. The molecule has 62 valence electrons. The fourth-order valence-electron chi connectivity index (χ4n) is 1.13. The monoisotopic (exact) mass is 273 g/mol. The van der Waals surface area contributed by atoms with Crippen molar-refractivity contribution in [2.24, 2.45) is 0 Å². The topological polar surface area (TPSA) is 21.3 Å². The molecule has 0 atom stereocenters. The maximum Gasteiger partial charge on any atom is 0.182 e. The molecule has 1 aromatic carbocycles. The van der Waals surface area contributed by atoms with Gasteiger partial charge in [0.25, 0.3) is 0 Å². The minimum atomic E-state index is 0.586. The first kappa shape index (κ1) is 7.91. The molecule has 2 rings (SSSR count). The van der Waals surface area contributed by atoms with E-state index in [1.165, 1.54) is 5.56 Å². The molecule has 2 nitrogen and oxygen atoms in total. The molecule has 1 aliphatic heterocycles. The molecule has 12 heavy (non-hydrogen) atoms. The summed E-state index contributed by atoms with van der Waals surface area (Å²) < 4.78 is 6.22. The maximum atomic E-state index is 5.28. The molecule has 0 spiro atoms. The normalized spacial score (nSPS) is 15.8. The van der Waals surface area contributed by atoms with Gasteiger partial charge in [-0.25, -0.2) is 0 Å². The number of rotatable bonds is 1. The van der Waals surface area contributed by atoms with Crippen molar-refractivity contribution >= 4 is 28.3 Å². The maximum absolute atomic E-state index is 5.28. The van der Waals surface area contributed by atoms with Gasteiger partial charge in [-0.3, -0.25) is 0 Å². The van der Waals surface area contributed by atoms with E-state index in [-0.39, 0.29) is 0 Å². The molecule has 0 amide bonds. The summed E-state index contributed by atoms with van der Waals surface area (Å²) >= 11 is 2.19. The summed E-state index contributed by atoms with van der Waals surface area (Å²) in [5, 5.41) is 3.17. The Bertz CT molecular complexity index is 308. The van der Waals surface area contributed by atoms with Crippen LogP contribution in [0.15, 0.2) is 34.1 Å². The Balaban J connectivity index is 2.37. The van der Waals surface area contributed by atoms with E-state index < -0.39 is 0 Å². The standard InChI is InChI=1S/C9H8INO/c10-9-8(11-6-12-9)7-4-2-1-3-5-7/h1-5,11H,6H2. The third kappa shape index (κ3) is 1.41. The summed E-state index contributed by atoms with van der Waals surface area (Å²) in [7, 11) is 0. The molecule has 0 saturated heterocycles. The second-order valence-corrected chi connectivity index (χ2v) is 3.46. The van der Waals surface area contributed by atoms with E-state index in [4.69, 9.17) is 4.74 Å². The van der Waals surface area contributed by atoms with Crippen molar-refractivity contribution in [3.63, 3.8) is 0 Å². The predicted octanol–water partition coefficient (Wildman–Crippen LogP) is 2.33. The van der Waals surface area contributed by atoms with Crippen LogP contribution in [-0.4, -0.2) is 6.73 Å². The average Bonchev–Trinajstić information content (AvgIpc) is 2.53. The van der Waals surface area contributed by atoms with Gasteiger partial charge in [-0.2, -0.15) is 0 Å². The second kappa shape index (κ2) is 3.35. The van der Waals surface area contributed by atoms with Crippen LogP contribution >= 0.6 is 22.6 Å². The van der Waals surface area contributed by atoms with Crippen molar-refractivity contribution < 1.29 is 4.74 Å². The quantitative estimate of drug-likeness (QED) is 0.793. The number of benzene rings is 1. The van der Waals surface area contributed by atoms with Gasteiger partial charge in [0.2, 0.25) is 0 Å². The van der Waals surface area contributed by atoms with E-state index >= 15 is 0 Å². The lowest BCUT2D eigenvalue weighted by molar-refractivity contribution is 0.262. The first-order chi connectivity index (χ1) is 5.88. The van der Waals surface area contributed by atoms with Crippen LogP contribution in [0.3, 0.4) is 0 Å². The molecule has 0 aliphatic carbocycles. The van der Waals surface area contributed by atoms with E-state index in [0.717, 1.165) is 9.46 Å². The lowest BCUT2D eigenvalue weighted by atomic mass is 10.2. The number of hydrogen-bond acceptors (Lipinski definition) is 2. The minimum absolute atomic E-state index is 0.586. The molecule has 1 aromatic rings. The Morgan fingerprint density at radius 3 is 2.58 bits per heavy atom. The smallest absolute Gasteiger partial charge is 0.182 e. The summed E-state index contributed by atoms with van der Waals surface area (Å²) in [5.74, 6) is 0. The molecule has 0 saturated carbocycles. The molecule has 0 bridgehead atoms. The van der Waals surface area contributed by atoms with Crippen molar-refractivity contribution in [2.45, 2.75) is 0 Å². The van der Waals surface area contributed by atoms with Gasteiger partial charge in [-0.1, -0.05) is 30.3 Å². The minimum Gasteiger partial charge on any atom is -0.465 e. The first-order valence-electron chi connectivity index (χ1n) is 3.70. The molecule has 0 unspecified atom stereocenters. The lowest BCUT2D eigenvalue weighted by Crippen LogP contribution is -2.06. The Morgan fingerprint density at radius 1 is 1.25 bits per heavy atom. The first-order valence-corrected chi connectivity index (χ1v) is 4.77. The molecular formula is C9H8INO. The highest BCUT2D eigenvalue weighted by Crippen LogP contribution is 2.25. The van der Waals surface area contributed by atoms with Gasteiger partial charge in [0, 0.05) is 28.2 Å². The van der Waals surface area contributed by atoms with E-state index in [1.807, 2.05) is 18.2 Å². The van der Waals surface area contributed by atoms with Crippen LogP contribution in [0.25, 0.3) is 5.70 Å². The fraction of sp³-hybridized carbons (Fsp3) is 0.111. The van der Waals surface area contributed by atoms with E-state index in [2.05, 4.69) is 40.0 Å². The van der Waals surface area contributed by atoms with Crippen LogP contribution in [0.2, 0.25) is 0 Å². The zero-order valence-corrected chi connectivity index (χ0v) is 8.54. The van der Waals surface area contributed by atoms with Gasteiger partial charge >= 0.3 is 0 Å². The van der Waals surface area contributed by atoms with Crippen molar-refractivity contribution in [2.75, 3.05) is 6.73 Å². The molecule has 1 N–H and O–H groups in total. The zero-order valence-electron chi connectivity index (χ0n) is 6.38. The summed E-state index contributed by atoms with van der Waals surface area (Å²) in [4.78, 5) is 0. The molecule has 1 heterocycles. The molecule has 0 aromatic heterocycles. The van der Waals surface area contributed by atoms with E-state index in [1.54, 1.807) is 0 Å². The fourth-order valence-corrected chi connectivity index (χ4v) is 1.79. The van der Waals surface area contributed by atoms with Crippen LogP contribution in [-0.2, 0) is 4.74 Å². The van der Waals surface area contributed by atoms with Gasteiger partial charge < -0.3 is 10.1 Å². The van der Waals surface area contributed by atoms with Crippen LogP contribution in [0.4, 0.5) is 0 Å². The van der Waals surface area contributed by atoms with Gasteiger partial charge in [0.05, 0.1) is 5.70 Å². The Labute approximate surface area is 84.8 Å². The highest BCUT2D eigenvalue weighted by atomic mass is 127. The highest BCUT2D eigenvalue weighted by molar-refractivity contribution is 14.1. The van der Waals surface area contributed by atoms with Crippen LogP contribution in [0, 0.1) is 0 Å². The zero-order chi connectivity index (χ0) is 8.39. The number of hydrogen-bond donors (Lipinski definition) is 1. The molecule has 3 heteroatoms. The largest absolute Gasteiger partial charge is 0.465 e.